The largest absolute Gasteiger partial charge is 0.459 e. The lowest BCUT2D eigenvalue weighted by atomic mass is 10.0. The molecule has 2 N–H and O–H groups in total. The van der Waals surface area contributed by atoms with Crippen molar-refractivity contribution in [1.82, 2.24) is 35.1 Å². The van der Waals surface area contributed by atoms with Gasteiger partial charge in [-0.25, -0.2) is 14.3 Å². The maximum absolute atomic E-state index is 13.7. The topological polar surface area (TPSA) is 143 Å². The fraction of sp³-hybridized carbons (Fsp3) is 0.269. The molecule has 0 saturated heterocycles. The number of nitrogens with zero attached hydrogens (tertiary/aromatic N) is 7. The van der Waals surface area contributed by atoms with Crippen molar-refractivity contribution in [3.8, 4) is 11.9 Å². The van der Waals surface area contributed by atoms with Crippen molar-refractivity contribution in [2.75, 3.05) is 5.32 Å². The van der Waals surface area contributed by atoms with E-state index in [1.807, 2.05) is 6.07 Å². The van der Waals surface area contributed by atoms with Gasteiger partial charge in [0.15, 0.2) is 11.5 Å². The third kappa shape index (κ3) is 6.02. The third-order valence-corrected chi connectivity index (χ3v) is 6.63. The van der Waals surface area contributed by atoms with Crippen molar-refractivity contribution in [3.05, 3.63) is 81.5 Å². The van der Waals surface area contributed by atoms with E-state index in [1.165, 1.54) is 36.5 Å². The van der Waals surface area contributed by atoms with Gasteiger partial charge in [-0.15, -0.1) is 5.10 Å². The number of nitriles is 1. The van der Waals surface area contributed by atoms with Crippen LogP contribution in [0.25, 0.3) is 5.82 Å². The molecule has 2 amide bonds. The minimum atomic E-state index is -5.88. The number of hydrogen-bond acceptors (Lipinski definition) is 7. The molecule has 222 valence electrons. The number of amides is 2. The SMILES string of the molecule is Cc1cc(C#N)cc(C(=O)NC2CC2)c1NC(=O)c1cc(Cn2cc(C(F)(F)C(F)(F)F)nn2)nn1-c1ncccc1Cl. The van der Waals surface area contributed by atoms with E-state index >= 15 is 0 Å². The van der Waals surface area contributed by atoms with Crippen LogP contribution in [0, 0.1) is 18.3 Å². The van der Waals surface area contributed by atoms with Gasteiger partial charge in [0.25, 0.3) is 11.8 Å². The molecule has 0 unspecified atom stereocenters. The van der Waals surface area contributed by atoms with Crippen molar-refractivity contribution in [2.24, 2.45) is 0 Å². The number of alkyl halides is 5. The highest BCUT2D eigenvalue weighted by Crippen LogP contribution is 2.42. The first-order valence-electron chi connectivity index (χ1n) is 12.5. The number of benzene rings is 1. The van der Waals surface area contributed by atoms with Gasteiger partial charge in [-0.05, 0) is 55.7 Å². The number of nitrogens with one attached hydrogen (secondary N) is 2. The molecule has 4 aromatic rings. The van der Waals surface area contributed by atoms with Gasteiger partial charge < -0.3 is 10.6 Å². The first-order chi connectivity index (χ1) is 20.3. The molecular formula is C26H19ClF5N9O2. The summed E-state index contributed by atoms with van der Waals surface area (Å²) in [5, 5.41) is 25.5. The quantitative estimate of drug-likeness (QED) is 0.276. The van der Waals surface area contributed by atoms with Gasteiger partial charge in [0, 0.05) is 12.2 Å². The molecule has 17 heteroatoms. The van der Waals surface area contributed by atoms with Crippen molar-refractivity contribution < 1.29 is 31.5 Å². The molecule has 0 bridgehead atoms. The number of pyridine rings is 1. The minimum Gasteiger partial charge on any atom is -0.349 e. The zero-order valence-electron chi connectivity index (χ0n) is 22.0. The molecule has 43 heavy (non-hydrogen) atoms. The molecule has 0 atom stereocenters. The maximum atomic E-state index is 13.7. The Kier molecular flexibility index (Phi) is 7.61. The first kappa shape index (κ1) is 29.6. The van der Waals surface area contributed by atoms with Gasteiger partial charge in [-0.2, -0.15) is 32.3 Å². The zero-order chi connectivity index (χ0) is 31.1. The summed E-state index contributed by atoms with van der Waals surface area (Å²) in [5.41, 5.74) is -0.989. The number of carbonyl (C=O) groups is 2. The van der Waals surface area contributed by atoms with Crippen LogP contribution >= 0.6 is 11.6 Å². The summed E-state index contributed by atoms with van der Waals surface area (Å²) in [5.74, 6) is -6.51. The molecule has 1 saturated carbocycles. The summed E-state index contributed by atoms with van der Waals surface area (Å²) in [6.07, 6.45) is -2.48. The van der Waals surface area contributed by atoms with Gasteiger partial charge in [-0.1, -0.05) is 16.8 Å². The van der Waals surface area contributed by atoms with Gasteiger partial charge in [0.1, 0.15) is 5.69 Å². The van der Waals surface area contributed by atoms with E-state index in [1.54, 1.807) is 6.92 Å². The number of aromatic nitrogens is 6. The van der Waals surface area contributed by atoms with Gasteiger partial charge in [0.05, 0.1) is 46.3 Å². The molecule has 3 aromatic heterocycles. The van der Waals surface area contributed by atoms with E-state index in [9.17, 15) is 36.8 Å². The summed E-state index contributed by atoms with van der Waals surface area (Å²) in [6, 6.07) is 9.03. The van der Waals surface area contributed by atoms with E-state index in [2.05, 4.69) is 31.0 Å². The Balaban J connectivity index is 1.51. The zero-order valence-corrected chi connectivity index (χ0v) is 22.7. The Hall–Kier alpha value is -4.91. The molecule has 3 heterocycles. The number of hydrogen-bond donors (Lipinski definition) is 2. The maximum Gasteiger partial charge on any atom is 0.459 e. The van der Waals surface area contributed by atoms with Crippen LogP contribution in [0.2, 0.25) is 5.02 Å². The molecule has 1 aliphatic rings. The van der Waals surface area contributed by atoms with Crippen LogP contribution in [0.5, 0.6) is 0 Å². The van der Waals surface area contributed by atoms with Crippen LogP contribution in [0.3, 0.4) is 0 Å². The second-order valence-electron chi connectivity index (χ2n) is 9.64. The molecule has 5 rings (SSSR count). The van der Waals surface area contributed by atoms with Crippen molar-refractivity contribution >= 4 is 29.1 Å². The van der Waals surface area contributed by atoms with E-state index < -0.39 is 36.2 Å². The average molecular weight is 620 g/mol. The number of carbonyl (C=O) groups excluding carboxylic acids is 2. The number of aryl methyl sites for hydroxylation is 1. The Morgan fingerprint density at radius 3 is 2.56 bits per heavy atom. The lowest BCUT2D eigenvalue weighted by Crippen LogP contribution is -2.34. The van der Waals surface area contributed by atoms with Crippen LogP contribution in [0.15, 0.2) is 42.7 Å². The third-order valence-electron chi connectivity index (χ3n) is 6.33. The molecule has 1 aromatic carbocycles. The summed E-state index contributed by atoms with van der Waals surface area (Å²) in [7, 11) is 0. The normalized spacial score (nSPS) is 13.4. The smallest absolute Gasteiger partial charge is 0.349 e. The van der Waals surface area contributed by atoms with Crippen molar-refractivity contribution in [2.45, 2.75) is 44.5 Å². The van der Waals surface area contributed by atoms with Crippen LogP contribution in [0.4, 0.5) is 27.6 Å². The molecular weight excluding hydrogens is 601 g/mol. The van der Waals surface area contributed by atoms with Gasteiger partial charge >= 0.3 is 12.1 Å². The Morgan fingerprint density at radius 2 is 1.91 bits per heavy atom. The van der Waals surface area contributed by atoms with Gasteiger partial charge in [0.2, 0.25) is 0 Å². The lowest BCUT2D eigenvalue weighted by molar-refractivity contribution is -0.291. The number of anilines is 1. The fourth-order valence-electron chi connectivity index (χ4n) is 4.06. The molecule has 1 fully saturated rings. The molecule has 11 nitrogen and oxygen atoms in total. The average Bonchev–Trinajstić information content (AvgIpc) is 3.46. The molecule has 0 spiro atoms. The lowest BCUT2D eigenvalue weighted by Gasteiger charge is -2.16. The second-order valence-corrected chi connectivity index (χ2v) is 10.1. The van der Waals surface area contributed by atoms with Crippen LogP contribution < -0.4 is 10.6 Å². The van der Waals surface area contributed by atoms with Crippen LogP contribution in [-0.2, 0) is 12.5 Å². The molecule has 0 radical (unpaired) electrons. The van der Waals surface area contributed by atoms with Crippen LogP contribution in [-0.4, -0.2) is 53.8 Å². The summed E-state index contributed by atoms with van der Waals surface area (Å²) < 4.78 is 67.5. The van der Waals surface area contributed by atoms with Crippen molar-refractivity contribution in [1.29, 1.82) is 5.26 Å². The standard InChI is InChI=1S/C26H19ClF5N9O2/c1-13-7-14(10-33)8-17(23(42)35-15-4-5-15)21(13)36-24(43)19-9-16(38-41(19)22-18(27)3-2-6-34-22)11-40-12-20(37-39-40)25(28,29)26(30,31)32/h2-3,6-9,12,15H,4-5,11H2,1H3,(H,35,42)(H,36,43). The Bertz CT molecular complexity index is 1770. The highest BCUT2D eigenvalue weighted by molar-refractivity contribution is 6.32. The Morgan fingerprint density at radius 1 is 1.16 bits per heavy atom. The highest BCUT2D eigenvalue weighted by atomic mass is 35.5. The summed E-state index contributed by atoms with van der Waals surface area (Å²) in [6.45, 7) is 1.14. The summed E-state index contributed by atoms with van der Waals surface area (Å²) >= 11 is 6.29. The number of rotatable bonds is 8. The molecule has 1 aliphatic carbocycles. The van der Waals surface area contributed by atoms with E-state index in [0.717, 1.165) is 17.5 Å². The Labute approximate surface area is 244 Å². The van der Waals surface area contributed by atoms with E-state index in [-0.39, 0.29) is 45.1 Å². The van der Waals surface area contributed by atoms with E-state index in [4.69, 9.17) is 11.6 Å². The minimum absolute atomic E-state index is 0.00175. The number of halogens is 6. The van der Waals surface area contributed by atoms with Crippen molar-refractivity contribution in [3.63, 3.8) is 0 Å². The van der Waals surface area contributed by atoms with Crippen LogP contribution in [0.1, 0.15) is 56.2 Å². The monoisotopic (exact) mass is 619 g/mol. The second kappa shape index (κ2) is 11.1. The fourth-order valence-corrected chi connectivity index (χ4v) is 4.26. The van der Waals surface area contributed by atoms with E-state index in [0.29, 0.717) is 16.4 Å². The predicted molar refractivity (Wildman–Crippen MR) is 140 cm³/mol. The van der Waals surface area contributed by atoms with Gasteiger partial charge in [-0.3, -0.25) is 9.59 Å². The molecule has 0 aliphatic heterocycles. The summed E-state index contributed by atoms with van der Waals surface area (Å²) in [4.78, 5) is 30.8. The first-order valence-corrected chi connectivity index (χ1v) is 12.9. The highest BCUT2D eigenvalue weighted by Gasteiger charge is 2.60. The predicted octanol–water partition coefficient (Wildman–Crippen LogP) is 4.54.